The number of hydrogen-bond acceptors (Lipinski definition) is 15. The number of ether oxygens (including phenoxy) is 1. The van der Waals surface area contributed by atoms with Crippen molar-refractivity contribution in [3.63, 3.8) is 0 Å². The molecule has 0 aromatic heterocycles. The third-order valence-corrected chi connectivity index (χ3v) is 18.6. The summed E-state index contributed by atoms with van der Waals surface area (Å²) in [5.41, 5.74) is 0.780. The molecule has 0 radical (unpaired) electrons. The number of allylic oxidation sites excluding steroid dienone is 6. The highest BCUT2D eigenvalue weighted by Gasteiger charge is 2.44. The molecule has 3 heterocycles. The Hall–Kier alpha value is -3.93. The van der Waals surface area contributed by atoms with Crippen LogP contribution >= 0.6 is 21.0 Å². The van der Waals surface area contributed by atoms with Crippen LogP contribution in [0.2, 0.25) is 0 Å². The number of hydroxylamine groups is 2. The van der Waals surface area contributed by atoms with Crippen LogP contribution in [-0.4, -0.2) is 117 Å². The fourth-order valence-corrected chi connectivity index (χ4v) is 13.5. The molecule has 1 saturated heterocycles. The molecule has 0 spiro atoms. The van der Waals surface area contributed by atoms with Crippen LogP contribution in [0.25, 0.3) is 0 Å². The molecule has 67 heavy (non-hydrogen) atoms. The Morgan fingerprint density at radius 3 is 1.82 bits per heavy atom. The molecular weight excluding hydrogens is 1070 g/mol. The van der Waals surface area contributed by atoms with Crippen molar-refractivity contribution >= 4 is 94.1 Å². The van der Waals surface area contributed by atoms with Crippen LogP contribution in [0.4, 0.5) is 11.4 Å². The second-order valence-corrected chi connectivity index (χ2v) is 25.4. The predicted octanol–water partition coefficient (Wildman–Crippen LogP) is 5.24. The smallest absolute Gasteiger partial charge is 0.333 e. The molecule has 0 bridgehead atoms. The molecular formula is C42H54IN3O17S4. The highest BCUT2D eigenvalue weighted by atomic mass is 127. The summed E-state index contributed by atoms with van der Waals surface area (Å²) in [6.45, 7) is 4.69. The Balaban J connectivity index is 1.50. The van der Waals surface area contributed by atoms with E-state index in [1.165, 1.54) is 37.4 Å². The van der Waals surface area contributed by atoms with Gasteiger partial charge in [0.05, 0.1) is 34.4 Å². The summed E-state index contributed by atoms with van der Waals surface area (Å²) in [5, 5.41) is 0.480. The first-order valence-electron chi connectivity index (χ1n) is 21.0. The standard InChI is InChI=1S/C42H54IN3O17S4/c1-41(21-10-26-64(50,51)52)33-29-31(67(59,60)61)16-18-35(33)45(24-25-62-3)43-36(41)12-6-4-7-13-37-42(2,22-11-27-65(53,54)55)32-28-30(66(56,57)58)15-17-34(32)44(37)23-9-5-8-14-40(49)63-46-38(47)19-20-39(46)48/h4,6-7,12-13,15-18,28-29H,5,8-11,14,19-27H2,1-3H3,(H,50,51,52)(H,53,54,55)(H,56,57,58)(H,59,60,61)/b7-4+,12-6+,37-13+. The zero-order valence-electron chi connectivity index (χ0n) is 36.9. The van der Waals surface area contributed by atoms with Gasteiger partial charge in [0.2, 0.25) is 0 Å². The second kappa shape index (κ2) is 21.8. The monoisotopic (exact) mass is 1130 g/mol. The van der Waals surface area contributed by atoms with Crippen molar-refractivity contribution in [2.75, 3.05) is 46.3 Å². The molecule has 2 unspecified atom stereocenters. The van der Waals surface area contributed by atoms with Crippen molar-refractivity contribution < 1.29 is 75.8 Å². The van der Waals surface area contributed by atoms with E-state index in [-0.39, 0.29) is 49.8 Å². The molecule has 0 saturated carbocycles. The number of unbranched alkanes of at least 4 members (excludes halogenated alkanes) is 2. The zero-order valence-corrected chi connectivity index (χ0v) is 42.3. The van der Waals surface area contributed by atoms with Crippen molar-refractivity contribution in [3.05, 3.63) is 83.6 Å². The Morgan fingerprint density at radius 1 is 0.716 bits per heavy atom. The number of hydrogen-bond donors (Lipinski definition) is 4. The molecule has 0 aliphatic carbocycles. The van der Waals surface area contributed by atoms with Crippen molar-refractivity contribution in [1.29, 1.82) is 0 Å². The molecule has 1 fully saturated rings. The Labute approximate surface area is 401 Å². The van der Waals surface area contributed by atoms with E-state index in [0.717, 1.165) is 3.51 Å². The van der Waals surface area contributed by atoms with Gasteiger partial charge in [-0.2, -0.15) is 33.7 Å². The molecule has 20 nitrogen and oxygen atoms in total. The zero-order chi connectivity index (χ0) is 49.6. The van der Waals surface area contributed by atoms with Gasteiger partial charge < -0.3 is 17.6 Å². The van der Waals surface area contributed by atoms with E-state index in [1.54, 1.807) is 37.3 Å². The van der Waals surface area contributed by atoms with E-state index in [2.05, 4.69) is 3.11 Å². The Bertz CT molecular complexity index is 2810. The van der Waals surface area contributed by atoms with Gasteiger partial charge in [0, 0.05) is 85.3 Å². The Morgan fingerprint density at radius 2 is 1.27 bits per heavy atom. The van der Waals surface area contributed by atoms with Crippen LogP contribution in [0.5, 0.6) is 0 Å². The number of rotatable bonds is 23. The van der Waals surface area contributed by atoms with Gasteiger partial charge in [-0.3, -0.25) is 27.8 Å². The summed E-state index contributed by atoms with van der Waals surface area (Å²) < 4.78 is 144. The van der Waals surface area contributed by atoms with Gasteiger partial charge in [-0.05, 0) is 99.0 Å². The third kappa shape index (κ3) is 13.9. The van der Waals surface area contributed by atoms with Crippen LogP contribution in [0, 0.1) is 0 Å². The number of fused-ring (bicyclic) bond motifs is 2. The molecule has 4 N–H and O–H groups in total. The Kier molecular flexibility index (Phi) is 17.6. The molecule has 3 aliphatic heterocycles. The predicted molar refractivity (Wildman–Crippen MR) is 256 cm³/mol. The number of carbonyl (C=O) groups excluding carboxylic acids is 3. The minimum Gasteiger partial charge on any atom is -0.383 e. The minimum absolute atomic E-state index is 0.0164. The fraction of sp³-hybridized carbons (Fsp3) is 0.476. The minimum atomic E-state index is -4.68. The number of amides is 2. The largest absolute Gasteiger partial charge is 0.383 e. The van der Waals surface area contributed by atoms with Crippen LogP contribution in [-0.2, 0) is 75.3 Å². The van der Waals surface area contributed by atoms with Gasteiger partial charge in [-0.25, -0.2) is 4.79 Å². The number of carbonyl (C=O) groups is 3. The third-order valence-electron chi connectivity index (χ3n) is 11.7. The lowest BCUT2D eigenvalue weighted by Crippen LogP contribution is -2.38. The number of benzene rings is 2. The van der Waals surface area contributed by atoms with Gasteiger partial charge >= 0.3 is 5.97 Å². The highest BCUT2D eigenvalue weighted by Crippen LogP contribution is 2.52. The van der Waals surface area contributed by atoms with Crippen molar-refractivity contribution in [1.82, 2.24) is 5.06 Å². The average Bonchev–Trinajstić information content (AvgIpc) is 3.66. The molecule has 2 amide bonds. The maximum absolute atomic E-state index is 12.4. The number of methoxy groups -OCH3 is 1. The molecule has 2 aromatic carbocycles. The molecule has 5 rings (SSSR count). The van der Waals surface area contributed by atoms with Crippen LogP contribution in [0.15, 0.2) is 82.3 Å². The number of nitrogens with zero attached hydrogens (tertiary/aromatic N) is 3. The first kappa shape index (κ1) is 54.0. The maximum Gasteiger partial charge on any atom is 0.333 e. The van der Waals surface area contributed by atoms with Crippen LogP contribution in [0.1, 0.15) is 89.2 Å². The SMILES string of the molecule is COCCN1I=C(/C=C/C=C/C=C2/N(CCCCCC(=O)ON3C(=O)CCC3=O)c3ccc(S(=O)(=O)O)cc3C2(C)CCCS(=O)(=O)O)C(C)(CCCS(=O)(=O)O)c2cc(S(=O)(=O)O)ccc21. The summed E-state index contributed by atoms with van der Waals surface area (Å²) in [5.74, 6) is -3.08. The van der Waals surface area contributed by atoms with E-state index in [1.807, 2.05) is 17.9 Å². The van der Waals surface area contributed by atoms with Crippen molar-refractivity contribution in [2.24, 2.45) is 0 Å². The maximum atomic E-state index is 12.4. The average molecular weight is 1130 g/mol. The lowest BCUT2D eigenvalue weighted by Gasteiger charge is -2.40. The van der Waals surface area contributed by atoms with E-state index < -0.39 is 106 Å². The number of anilines is 2. The summed E-state index contributed by atoms with van der Waals surface area (Å²) >= 11 is -1.03. The summed E-state index contributed by atoms with van der Waals surface area (Å²) in [6, 6.07) is 8.33. The van der Waals surface area contributed by atoms with E-state index >= 15 is 0 Å². The van der Waals surface area contributed by atoms with Gasteiger partial charge in [0.25, 0.3) is 52.3 Å². The molecule has 25 heteroatoms. The summed E-state index contributed by atoms with van der Waals surface area (Å²) in [7, 11) is -16.5. The molecule has 3 aliphatic rings. The first-order chi connectivity index (χ1) is 31.2. The highest BCUT2D eigenvalue weighted by molar-refractivity contribution is 14.2. The normalized spacial score (nSPS) is 21.0. The van der Waals surface area contributed by atoms with Crippen molar-refractivity contribution in [2.45, 2.75) is 98.7 Å². The van der Waals surface area contributed by atoms with E-state index in [9.17, 15) is 66.3 Å². The van der Waals surface area contributed by atoms with Gasteiger partial charge in [-0.15, -0.1) is 5.06 Å². The first-order valence-corrected chi connectivity index (χ1v) is 29.2. The van der Waals surface area contributed by atoms with E-state index in [4.69, 9.17) is 9.57 Å². The second-order valence-electron chi connectivity index (χ2n) is 16.6. The number of imide groups is 1. The van der Waals surface area contributed by atoms with Gasteiger partial charge in [0.1, 0.15) is 0 Å². The quantitative estimate of drug-likeness (QED) is 0.0276. The number of halogens is 1. The lowest BCUT2D eigenvalue weighted by atomic mass is 9.75. The summed E-state index contributed by atoms with van der Waals surface area (Å²) in [6.07, 6.45) is 10.1. The lowest BCUT2D eigenvalue weighted by molar-refractivity contribution is -0.197. The van der Waals surface area contributed by atoms with Crippen LogP contribution in [0.3, 0.4) is 0 Å². The topological polar surface area (TPSA) is 297 Å². The van der Waals surface area contributed by atoms with Gasteiger partial charge in [0.15, 0.2) is 0 Å². The molecule has 2 aromatic rings. The molecule has 370 valence electrons. The van der Waals surface area contributed by atoms with Crippen LogP contribution < -0.4 is 8.01 Å². The van der Waals surface area contributed by atoms with Gasteiger partial charge in [-0.1, -0.05) is 37.6 Å². The fourth-order valence-electron chi connectivity index (χ4n) is 8.29. The van der Waals surface area contributed by atoms with Crippen molar-refractivity contribution in [3.8, 4) is 0 Å². The summed E-state index contributed by atoms with van der Waals surface area (Å²) in [4.78, 5) is 42.3. The van der Waals surface area contributed by atoms with E-state index in [0.29, 0.717) is 72.2 Å². The molecule has 2 atom stereocenters.